The van der Waals surface area contributed by atoms with Gasteiger partial charge in [-0.3, -0.25) is 9.78 Å². The zero-order valence-electron chi connectivity index (χ0n) is 16.0. The molecule has 0 N–H and O–H groups in total. The number of carbonyl (C=O) groups is 1. The first-order chi connectivity index (χ1) is 14.0. The second kappa shape index (κ2) is 6.95. The van der Waals surface area contributed by atoms with Gasteiger partial charge in [-0.1, -0.05) is 36.4 Å². The van der Waals surface area contributed by atoms with Gasteiger partial charge in [0.15, 0.2) is 9.84 Å². The van der Waals surface area contributed by atoms with Gasteiger partial charge >= 0.3 is 0 Å². The molecule has 2 aromatic carbocycles. The van der Waals surface area contributed by atoms with E-state index in [1.807, 2.05) is 59.5 Å². The van der Waals surface area contributed by atoms with Crippen molar-refractivity contribution in [3.63, 3.8) is 0 Å². The normalized spacial score (nSPS) is 20.6. The third-order valence-corrected chi connectivity index (χ3v) is 7.60. The first-order valence-electron chi connectivity index (χ1n) is 9.99. The van der Waals surface area contributed by atoms with Gasteiger partial charge < -0.3 is 4.90 Å². The molecule has 148 valence electrons. The SMILES string of the molecule is O=C(c1ccc(-c2cccc3cccnc23)cc1)N(C1CC1)C1CCS(=O)(=O)C1. The number of nitrogens with zero attached hydrogens (tertiary/aromatic N) is 2. The summed E-state index contributed by atoms with van der Waals surface area (Å²) in [5.41, 5.74) is 3.58. The van der Waals surface area contributed by atoms with Crippen molar-refractivity contribution in [3.05, 3.63) is 66.4 Å². The van der Waals surface area contributed by atoms with E-state index in [1.54, 1.807) is 6.20 Å². The van der Waals surface area contributed by atoms with Gasteiger partial charge in [0.2, 0.25) is 0 Å². The van der Waals surface area contributed by atoms with Crippen LogP contribution in [0.2, 0.25) is 0 Å². The third kappa shape index (κ3) is 3.53. The number of sulfone groups is 1. The first-order valence-corrected chi connectivity index (χ1v) is 11.8. The third-order valence-electron chi connectivity index (χ3n) is 5.85. The zero-order chi connectivity index (χ0) is 20.0. The largest absolute Gasteiger partial charge is 0.332 e. The van der Waals surface area contributed by atoms with E-state index in [-0.39, 0.29) is 29.5 Å². The highest BCUT2D eigenvalue weighted by atomic mass is 32.2. The second-order valence-corrected chi connectivity index (χ2v) is 10.2. The fourth-order valence-corrected chi connectivity index (χ4v) is 5.97. The maximum absolute atomic E-state index is 13.2. The molecule has 6 heteroatoms. The molecule has 0 radical (unpaired) electrons. The van der Waals surface area contributed by atoms with E-state index < -0.39 is 9.84 Å². The van der Waals surface area contributed by atoms with Gasteiger partial charge in [0.05, 0.1) is 17.0 Å². The summed E-state index contributed by atoms with van der Waals surface area (Å²) in [5, 5.41) is 1.08. The van der Waals surface area contributed by atoms with Crippen molar-refractivity contribution >= 4 is 26.6 Å². The zero-order valence-corrected chi connectivity index (χ0v) is 16.8. The summed E-state index contributed by atoms with van der Waals surface area (Å²) in [6, 6.07) is 17.6. The van der Waals surface area contributed by atoms with Crippen molar-refractivity contribution in [3.8, 4) is 11.1 Å². The number of rotatable bonds is 4. The van der Waals surface area contributed by atoms with E-state index >= 15 is 0 Å². The number of hydrogen-bond acceptors (Lipinski definition) is 4. The topological polar surface area (TPSA) is 67.3 Å². The fourth-order valence-electron chi connectivity index (χ4n) is 4.26. The van der Waals surface area contributed by atoms with Crippen LogP contribution in [0.25, 0.3) is 22.0 Å². The lowest BCUT2D eigenvalue weighted by Crippen LogP contribution is -2.42. The number of fused-ring (bicyclic) bond motifs is 1. The average Bonchev–Trinajstić information content (AvgIpc) is 3.50. The first kappa shape index (κ1) is 18.3. The molecule has 3 aromatic rings. The van der Waals surface area contributed by atoms with Crippen LogP contribution >= 0.6 is 0 Å². The summed E-state index contributed by atoms with van der Waals surface area (Å²) >= 11 is 0. The minimum atomic E-state index is -3.03. The summed E-state index contributed by atoms with van der Waals surface area (Å²) in [4.78, 5) is 19.5. The second-order valence-electron chi connectivity index (χ2n) is 7.96. The van der Waals surface area contributed by atoms with Gasteiger partial charge in [-0.2, -0.15) is 0 Å². The van der Waals surface area contributed by atoms with E-state index in [9.17, 15) is 13.2 Å². The molecular weight excluding hydrogens is 384 g/mol. The number of pyridine rings is 1. The average molecular weight is 407 g/mol. The number of amides is 1. The van der Waals surface area contributed by atoms with Crippen LogP contribution < -0.4 is 0 Å². The Morgan fingerprint density at radius 3 is 2.38 bits per heavy atom. The molecule has 29 heavy (non-hydrogen) atoms. The number of hydrogen-bond donors (Lipinski definition) is 0. The van der Waals surface area contributed by atoms with Crippen LogP contribution in [0.4, 0.5) is 0 Å². The summed E-state index contributed by atoms with van der Waals surface area (Å²) < 4.78 is 23.8. The Balaban J connectivity index is 1.44. The standard InChI is InChI=1S/C23H22N2O3S/c26-23(25(19-10-11-19)20-12-14-29(27,28)15-20)18-8-6-16(7-9-18)21-5-1-3-17-4-2-13-24-22(17)21/h1-9,13,19-20H,10-12,14-15H2. The summed E-state index contributed by atoms with van der Waals surface area (Å²) in [6.07, 6.45) is 4.25. The van der Waals surface area contributed by atoms with Crippen LogP contribution in [0.3, 0.4) is 0 Å². The molecule has 0 spiro atoms. The number of aromatic nitrogens is 1. The van der Waals surface area contributed by atoms with Crippen molar-refractivity contribution in [1.29, 1.82) is 0 Å². The minimum absolute atomic E-state index is 0.0582. The van der Waals surface area contributed by atoms with Crippen LogP contribution in [-0.2, 0) is 9.84 Å². The van der Waals surface area contributed by atoms with E-state index in [0.717, 1.165) is 34.9 Å². The predicted molar refractivity (Wildman–Crippen MR) is 113 cm³/mol. The van der Waals surface area contributed by atoms with Crippen LogP contribution in [0, 0.1) is 0 Å². The minimum Gasteiger partial charge on any atom is -0.332 e. The Kier molecular flexibility index (Phi) is 4.39. The van der Waals surface area contributed by atoms with E-state index in [0.29, 0.717) is 12.0 Å². The van der Waals surface area contributed by atoms with Gasteiger partial charge in [-0.15, -0.1) is 0 Å². The summed E-state index contributed by atoms with van der Waals surface area (Å²) in [6.45, 7) is 0. The lowest BCUT2D eigenvalue weighted by atomic mass is 10.0. The Labute approximate surface area is 170 Å². The van der Waals surface area contributed by atoms with Crippen molar-refractivity contribution in [2.45, 2.75) is 31.3 Å². The molecule has 0 bridgehead atoms. The smallest absolute Gasteiger partial charge is 0.254 e. The molecule has 1 aromatic heterocycles. The Bertz CT molecular complexity index is 1180. The van der Waals surface area contributed by atoms with Crippen molar-refractivity contribution in [2.24, 2.45) is 0 Å². The highest BCUT2D eigenvalue weighted by Gasteiger charge is 2.42. The summed E-state index contributed by atoms with van der Waals surface area (Å²) in [5.74, 6) is 0.216. The van der Waals surface area contributed by atoms with E-state index in [1.165, 1.54) is 0 Å². The molecule has 1 amide bonds. The Hall–Kier alpha value is -2.73. The van der Waals surface area contributed by atoms with Crippen molar-refractivity contribution < 1.29 is 13.2 Å². The van der Waals surface area contributed by atoms with E-state index in [2.05, 4.69) is 4.98 Å². The lowest BCUT2D eigenvalue weighted by molar-refractivity contribution is 0.0681. The van der Waals surface area contributed by atoms with Gasteiger partial charge in [-0.25, -0.2) is 8.42 Å². The number of para-hydroxylation sites is 1. The highest BCUT2D eigenvalue weighted by Crippen LogP contribution is 2.34. The molecule has 1 saturated heterocycles. The van der Waals surface area contributed by atoms with Crippen LogP contribution in [0.1, 0.15) is 29.6 Å². The molecule has 1 unspecified atom stereocenters. The predicted octanol–water partition coefficient (Wildman–Crippen LogP) is 3.69. The van der Waals surface area contributed by atoms with Gasteiger partial charge in [0.1, 0.15) is 0 Å². The molecule has 2 aliphatic rings. The molecule has 5 rings (SSSR count). The Morgan fingerprint density at radius 1 is 0.931 bits per heavy atom. The monoisotopic (exact) mass is 406 g/mol. The number of carbonyl (C=O) groups excluding carboxylic acids is 1. The highest BCUT2D eigenvalue weighted by molar-refractivity contribution is 7.91. The van der Waals surface area contributed by atoms with E-state index in [4.69, 9.17) is 0 Å². The van der Waals surface area contributed by atoms with Crippen molar-refractivity contribution in [1.82, 2.24) is 9.88 Å². The molecule has 1 aliphatic carbocycles. The van der Waals surface area contributed by atoms with Gasteiger partial charge in [0, 0.05) is 34.8 Å². The van der Waals surface area contributed by atoms with Gasteiger partial charge in [0.25, 0.3) is 5.91 Å². The maximum atomic E-state index is 13.2. The van der Waals surface area contributed by atoms with Crippen LogP contribution in [0.5, 0.6) is 0 Å². The molecule has 1 aliphatic heterocycles. The van der Waals surface area contributed by atoms with Gasteiger partial charge in [-0.05, 0) is 43.0 Å². The van der Waals surface area contributed by atoms with Crippen LogP contribution in [-0.4, -0.2) is 47.8 Å². The Morgan fingerprint density at radius 2 is 1.69 bits per heavy atom. The lowest BCUT2D eigenvalue weighted by Gasteiger charge is -2.28. The quantitative estimate of drug-likeness (QED) is 0.663. The molecular formula is C23H22N2O3S. The van der Waals surface area contributed by atoms with Crippen LogP contribution in [0.15, 0.2) is 60.8 Å². The summed E-state index contributed by atoms with van der Waals surface area (Å²) in [7, 11) is -3.03. The molecule has 1 atom stereocenters. The molecule has 2 fully saturated rings. The molecule has 2 heterocycles. The van der Waals surface area contributed by atoms with Crippen molar-refractivity contribution in [2.75, 3.05) is 11.5 Å². The molecule has 1 saturated carbocycles. The maximum Gasteiger partial charge on any atom is 0.254 e. The fraction of sp³-hybridized carbons (Fsp3) is 0.304. The number of benzene rings is 2. The molecule has 5 nitrogen and oxygen atoms in total.